The van der Waals surface area contributed by atoms with Crippen LogP contribution < -0.4 is 5.32 Å². The molecule has 25 heteroatoms. The molecule has 0 bridgehead atoms. The van der Waals surface area contributed by atoms with Gasteiger partial charge in [-0.25, -0.2) is 14.2 Å². The molecule has 2 saturated heterocycles. The number of amides is 1. The summed E-state index contributed by atoms with van der Waals surface area (Å²) >= 11 is 18.0. The van der Waals surface area contributed by atoms with Crippen LogP contribution in [-0.2, 0) is 79.8 Å². The van der Waals surface area contributed by atoms with E-state index in [-0.39, 0.29) is 57.9 Å². The number of hydrogen-bond acceptors (Lipinski definition) is 20. The van der Waals surface area contributed by atoms with Gasteiger partial charge < -0.3 is 62.5 Å². The highest BCUT2D eigenvalue weighted by atomic mass is 35.6. The summed E-state index contributed by atoms with van der Waals surface area (Å²) in [6, 6.07) is -1.49. The van der Waals surface area contributed by atoms with Gasteiger partial charge in [0.05, 0.1) is 32.5 Å². The number of alkyl carbamates (subject to hydrolysis) is 1. The number of halogens is 3. The highest BCUT2D eigenvalue weighted by Crippen LogP contribution is 2.52. The van der Waals surface area contributed by atoms with Crippen LogP contribution in [0, 0.1) is 0 Å². The van der Waals surface area contributed by atoms with Crippen molar-refractivity contribution in [3.05, 3.63) is 38.0 Å². The molecule has 0 aliphatic carbocycles. The van der Waals surface area contributed by atoms with E-state index in [2.05, 4.69) is 45.8 Å². The van der Waals surface area contributed by atoms with Crippen molar-refractivity contribution in [2.45, 2.75) is 259 Å². The van der Waals surface area contributed by atoms with Gasteiger partial charge in [0.2, 0.25) is 3.79 Å². The predicted octanol–water partition coefficient (Wildman–Crippen LogP) is 13.6. The number of unbranched alkanes of at least 4 members (excludes halogenated alkanes) is 19. The second-order valence-electron chi connectivity index (χ2n) is 21.6. The zero-order valence-corrected chi connectivity index (χ0v) is 55.2. The molecule has 500 valence electrons. The lowest BCUT2D eigenvalue weighted by atomic mass is 9.96. The fraction of sp³-hybridized carbons (Fsp3) is 0.836. The number of rotatable bonds is 52. The van der Waals surface area contributed by atoms with Crippen LogP contribution in [0.3, 0.4) is 0 Å². The molecule has 2 aliphatic heterocycles. The van der Waals surface area contributed by atoms with Crippen LogP contribution in [0.5, 0.6) is 0 Å². The van der Waals surface area contributed by atoms with Crippen molar-refractivity contribution in [3.63, 3.8) is 0 Å². The second-order valence-corrected chi connectivity index (χ2v) is 25.8. The number of carbonyl (C=O) groups is 4. The van der Waals surface area contributed by atoms with Gasteiger partial charge >= 0.3 is 26.0 Å². The normalized spacial score (nSPS) is 22.8. The van der Waals surface area contributed by atoms with Gasteiger partial charge in [0.15, 0.2) is 24.8 Å². The number of aliphatic hydroxyl groups is 1. The van der Waals surface area contributed by atoms with Crippen LogP contribution in [0.25, 0.3) is 0 Å². The number of aliphatic hydroxyl groups excluding tert-OH is 1. The minimum absolute atomic E-state index is 0.0272. The Bertz CT molecular complexity index is 1890. The molecule has 2 heterocycles. The van der Waals surface area contributed by atoms with Crippen molar-refractivity contribution in [1.82, 2.24) is 5.32 Å². The van der Waals surface area contributed by atoms with Crippen LogP contribution in [0.2, 0.25) is 0 Å². The van der Waals surface area contributed by atoms with E-state index < -0.39 is 111 Å². The van der Waals surface area contributed by atoms with Crippen LogP contribution in [0.1, 0.15) is 188 Å². The number of carbonyl (C=O) groups excluding carboxylic acids is 4. The fourth-order valence-corrected chi connectivity index (χ4v) is 11.3. The summed E-state index contributed by atoms with van der Waals surface area (Å²) in [4.78, 5) is 54.2. The molecule has 0 radical (unpaired) electrons. The highest BCUT2D eigenvalue weighted by Gasteiger charge is 2.55. The standard InChI is InChI=1S/C61H105Cl3NO20P/c1-9-15-18-21-23-25-26-29-31-34-46(66)42-50(67)83-56-55(74-40-33-30-27-24-22-19-16-10-2)52(84-60(70)76-37-12-4)49(81-57(56)68)44-77-58-51(65-59(69)78-45-61(62,63)64)54(75-41-36-47(73-8)35-32-28-20-17-11-3)53(48(82-58)43-72-7)85-86(71,79-38-13-5)80-39-14-6/h12-14,47-49,51-58,68H,4-6,9-11,15-45H2,1-3,7-8H3,(H,65,69)/t47-,48-,49-,51-,52-,53-,54-,55+,56-,57?,58-/m1/s1. The Kier molecular flexibility index (Phi) is 44.8. The van der Waals surface area contributed by atoms with Gasteiger partial charge in [-0.3, -0.25) is 23.2 Å². The molecule has 2 fully saturated rings. The minimum atomic E-state index is -4.56. The minimum Gasteiger partial charge on any atom is -0.454 e. The van der Waals surface area contributed by atoms with Gasteiger partial charge in [-0.15, -0.1) is 13.2 Å². The molecule has 2 N–H and O–H groups in total. The molecule has 21 nitrogen and oxygen atoms in total. The average molecular weight is 1310 g/mol. The fourth-order valence-electron chi connectivity index (χ4n) is 9.85. The van der Waals surface area contributed by atoms with Gasteiger partial charge in [-0.05, 0) is 25.7 Å². The maximum absolute atomic E-state index is 14.5. The third-order valence-electron chi connectivity index (χ3n) is 14.4. The topological polar surface area (TPSA) is 247 Å². The molecular weight excluding hydrogens is 1200 g/mol. The quantitative estimate of drug-likeness (QED) is 0.0109. The number of hydrogen-bond donors (Lipinski definition) is 2. The van der Waals surface area contributed by atoms with Gasteiger partial charge in [0, 0.05) is 33.9 Å². The first-order valence-electron chi connectivity index (χ1n) is 31.2. The van der Waals surface area contributed by atoms with Gasteiger partial charge in [-0.1, -0.05) is 209 Å². The molecule has 0 aromatic heterocycles. The number of alkyl halides is 3. The summed E-state index contributed by atoms with van der Waals surface area (Å²) < 4.78 is 96.0. The Morgan fingerprint density at radius 1 is 0.616 bits per heavy atom. The first-order chi connectivity index (χ1) is 41.4. The number of ketones is 1. The third kappa shape index (κ3) is 34.7. The Hall–Kier alpha value is -2.44. The van der Waals surface area contributed by atoms with Crippen molar-refractivity contribution in [3.8, 4) is 0 Å². The van der Waals surface area contributed by atoms with E-state index in [1.54, 1.807) is 7.11 Å². The lowest BCUT2D eigenvalue weighted by Crippen LogP contribution is -2.67. The number of methoxy groups -OCH3 is 2. The van der Waals surface area contributed by atoms with Gasteiger partial charge in [-0.2, -0.15) is 0 Å². The summed E-state index contributed by atoms with van der Waals surface area (Å²) in [7, 11) is -1.58. The lowest BCUT2D eigenvalue weighted by Gasteiger charge is -2.47. The largest absolute Gasteiger partial charge is 0.509 e. The van der Waals surface area contributed by atoms with E-state index in [4.69, 9.17) is 100 Å². The number of phosphoric acid groups is 1. The smallest absolute Gasteiger partial charge is 0.454 e. The van der Waals surface area contributed by atoms with Crippen LogP contribution in [0.15, 0.2) is 38.0 Å². The van der Waals surface area contributed by atoms with Crippen molar-refractivity contribution >= 4 is 66.6 Å². The van der Waals surface area contributed by atoms with Crippen molar-refractivity contribution in [2.75, 3.05) is 67.1 Å². The van der Waals surface area contributed by atoms with Crippen molar-refractivity contribution in [1.29, 1.82) is 0 Å². The zero-order valence-electron chi connectivity index (χ0n) is 52.0. The van der Waals surface area contributed by atoms with E-state index in [1.807, 2.05) is 0 Å². The Morgan fingerprint density at radius 2 is 1.16 bits per heavy atom. The molecule has 0 aromatic carbocycles. The third-order valence-corrected chi connectivity index (χ3v) is 16.1. The molecule has 0 spiro atoms. The van der Waals surface area contributed by atoms with E-state index in [0.717, 1.165) is 109 Å². The Balaban J connectivity index is 2.69. The van der Waals surface area contributed by atoms with Crippen LogP contribution in [-0.4, -0.2) is 167 Å². The maximum atomic E-state index is 14.5. The summed E-state index contributed by atoms with van der Waals surface area (Å²) in [5, 5.41) is 14.5. The van der Waals surface area contributed by atoms with E-state index in [0.29, 0.717) is 19.3 Å². The molecular formula is C61H105Cl3NO20P. The maximum Gasteiger partial charge on any atom is 0.509 e. The van der Waals surface area contributed by atoms with E-state index >= 15 is 0 Å². The van der Waals surface area contributed by atoms with Crippen LogP contribution in [0.4, 0.5) is 9.59 Å². The molecule has 0 aromatic rings. The SMILES string of the molecule is C=CCOC(=O)O[C@H]1[C@H](OCCCCCCCCCC)[C@@H](OC(=O)CC(=O)CCCCCCCCCCC)C(O)O[C@@H]1CO[C@@H]1O[C@H](COC)[C@@H](OP(=O)(OCC=C)OCC=C)[C@H](OCC[C@@H](CCCCCCC)OC)[C@H]1NC(=O)OCC(Cl)(Cl)Cl. The van der Waals surface area contributed by atoms with E-state index in [1.165, 1.54) is 51.0 Å². The molecule has 2 rings (SSSR count). The lowest BCUT2D eigenvalue weighted by molar-refractivity contribution is -0.319. The molecule has 1 amide bonds. The monoisotopic (exact) mass is 1310 g/mol. The first kappa shape index (κ1) is 79.7. The summed E-state index contributed by atoms with van der Waals surface area (Å²) in [6.07, 6.45) is 10.8. The summed E-state index contributed by atoms with van der Waals surface area (Å²) in [6.45, 7) is 15.1. The zero-order chi connectivity index (χ0) is 63.4. The summed E-state index contributed by atoms with van der Waals surface area (Å²) in [5.41, 5.74) is 0. The number of nitrogens with one attached hydrogen (secondary N) is 1. The second kappa shape index (κ2) is 48.4. The van der Waals surface area contributed by atoms with Crippen LogP contribution >= 0.6 is 42.6 Å². The summed E-state index contributed by atoms with van der Waals surface area (Å²) in [5.74, 6) is -1.29. The van der Waals surface area contributed by atoms with Crippen molar-refractivity contribution in [2.24, 2.45) is 0 Å². The molecule has 2 aliphatic rings. The Morgan fingerprint density at radius 3 is 1.72 bits per heavy atom. The molecule has 0 saturated carbocycles. The number of esters is 1. The highest BCUT2D eigenvalue weighted by molar-refractivity contribution is 7.48. The van der Waals surface area contributed by atoms with Crippen molar-refractivity contribution < 1.29 is 94.5 Å². The average Bonchev–Trinajstić information content (AvgIpc) is 0.987. The number of Topliss-reactive ketones (excluding diaryl/α,β-unsaturated/α-hetero) is 1. The van der Waals surface area contributed by atoms with Gasteiger partial charge in [0.1, 0.15) is 62.0 Å². The molecule has 11 atom stereocenters. The molecule has 86 heavy (non-hydrogen) atoms. The first-order valence-corrected chi connectivity index (χ1v) is 33.8. The molecule has 1 unspecified atom stereocenters. The predicted molar refractivity (Wildman–Crippen MR) is 329 cm³/mol. The number of phosphoric ester groups is 1. The Labute approximate surface area is 528 Å². The number of ether oxygens (including phenoxy) is 11. The van der Waals surface area contributed by atoms with Gasteiger partial charge in [0.25, 0.3) is 0 Å². The van der Waals surface area contributed by atoms with E-state index in [9.17, 15) is 28.8 Å².